The Morgan fingerprint density at radius 2 is 0.954 bits per heavy atom. The van der Waals surface area contributed by atoms with Crippen LogP contribution in [0.2, 0.25) is 0 Å². The van der Waals surface area contributed by atoms with Crippen LogP contribution in [-0.4, -0.2) is 17.5 Å². The minimum Gasteiger partial charge on any atom is -0.224 e. The minimum absolute atomic E-state index is 0. The first kappa shape index (κ1) is 47.3. The van der Waals surface area contributed by atoms with Crippen molar-refractivity contribution >= 4 is 111 Å². The van der Waals surface area contributed by atoms with Gasteiger partial charge in [-0.15, -0.1) is 58.1 Å². The van der Waals surface area contributed by atoms with Gasteiger partial charge in [0.05, 0.1) is 23.5 Å². The van der Waals surface area contributed by atoms with Gasteiger partial charge in [-0.05, 0) is 90.4 Å². The van der Waals surface area contributed by atoms with E-state index in [0.717, 1.165) is 44.3 Å². The predicted molar refractivity (Wildman–Crippen MR) is 276 cm³/mol. The molecule has 330 valence electrons. The van der Waals surface area contributed by atoms with Crippen molar-refractivity contribution in [1.82, 2.24) is 17.5 Å². The van der Waals surface area contributed by atoms with Crippen molar-refractivity contribution in [2.75, 3.05) is 0 Å². The van der Waals surface area contributed by atoms with E-state index >= 15 is 0 Å². The summed E-state index contributed by atoms with van der Waals surface area (Å²) in [4.78, 5) is 7.82. The largest absolute Gasteiger partial charge is 0.224 e. The molecule has 0 saturated heterocycles. The molecule has 0 fully saturated rings. The molecule has 1 aliphatic carbocycles. The first-order valence-corrected chi connectivity index (χ1v) is 27.3. The summed E-state index contributed by atoms with van der Waals surface area (Å²) in [6.45, 7) is 9.54. The summed E-state index contributed by atoms with van der Waals surface area (Å²) in [6, 6.07) is 38.9. The molecule has 0 N–H and O–H groups in total. The number of fused-ring (bicyclic) bond motifs is 7. The molecule has 11 rings (SSSR count). The number of thiophene rings is 4. The van der Waals surface area contributed by atoms with Gasteiger partial charge in [0.2, 0.25) is 0 Å². The van der Waals surface area contributed by atoms with Gasteiger partial charge in [0.1, 0.15) is 0 Å². The Morgan fingerprint density at radius 1 is 0.523 bits per heavy atom. The van der Waals surface area contributed by atoms with Crippen LogP contribution in [-0.2, 0) is 47.5 Å². The topological polar surface area (TPSA) is 51.6 Å². The second-order valence-corrected chi connectivity index (χ2v) is 22.7. The fourth-order valence-electron chi connectivity index (χ4n) is 10.2. The molecule has 2 atom stereocenters. The van der Waals surface area contributed by atoms with Gasteiger partial charge in [-0.3, -0.25) is 0 Å². The quantitative estimate of drug-likeness (QED) is 0.0905. The molecule has 6 aromatic heterocycles. The van der Waals surface area contributed by atoms with Crippen LogP contribution < -0.4 is 0 Å². The number of aromatic nitrogens is 4. The number of rotatable bonds is 16. The minimum atomic E-state index is -0.0860. The number of hydrogen-bond donors (Lipinski definition) is 0. The zero-order valence-electron chi connectivity index (χ0n) is 36.9. The zero-order chi connectivity index (χ0) is 42.7. The summed E-state index contributed by atoms with van der Waals surface area (Å²) in [5.74, 6) is 1.29. The van der Waals surface area contributed by atoms with Gasteiger partial charge in [-0.25, -0.2) is 8.75 Å². The molecule has 4 aromatic carbocycles. The molecule has 0 amide bonds. The van der Waals surface area contributed by atoms with Gasteiger partial charge >= 0.3 is 0 Å². The molecular formula is C53H48N4S6W2-2. The molecule has 4 nitrogen and oxygen atoms in total. The van der Waals surface area contributed by atoms with Crippen molar-refractivity contribution < 1.29 is 42.1 Å². The van der Waals surface area contributed by atoms with Gasteiger partial charge in [0.15, 0.2) is 0 Å². The maximum atomic E-state index is 5.01. The van der Waals surface area contributed by atoms with Crippen LogP contribution in [0.5, 0.6) is 0 Å². The summed E-state index contributed by atoms with van der Waals surface area (Å²) in [7, 11) is 0. The molecule has 65 heavy (non-hydrogen) atoms. The smallest absolute Gasteiger partial charge is 0.0572 e. The van der Waals surface area contributed by atoms with Crippen LogP contribution in [0.1, 0.15) is 103 Å². The van der Waals surface area contributed by atoms with Gasteiger partial charge in [-0.2, -0.15) is 31.4 Å². The van der Waals surface area contributed by atoms with Crippen molar-refractivity contribution in [2.45, 2.75) is 97.3 Å². The standard InChI is InChI=1S/C53H48N4S6.2W/c1-5-9-15-31(7-3)29-53(30-32(8-4)16-10-6-2)39-27-45(37-23-21-35(47-49(37)56-62-54-47)43-25-33-17-11-13-19-41(33)58-43)60-51(39)52-40(53)28-46(61-52)38-24-22-36(48-50(38)57-63-55-48)44-26-34-18-12-14-20-42(34)59-44;;/h11-14,17-20,23-28,31-32H,5-10,15-16,29-30H2,1-4H3;;/q-2;;. The van der Waals surface area contributed by atoms with Crippen LogP contribution in [0, 0.1) is 24.0 Å². The predicted octanol–water partition coefficient (Wildman–Crippen LogP) is 18.0. The normalized spacial score (nSPS) is 13.9. The summed E-state index contributed by atoms with van der Waals surface area (Å²) < 4.78 is 22.4. The van der Waals surface area contributed by atoms with E-state index in [2.05, 4.69) is 125 Å². The van der Waals surface area contributed by atoms with Crippen molar-refractivity contribution in [3.05, 3.63) is 108 Å². The van der Waals surface area contributed by atoms with Crippen LogP contribution in [0.15, 0.2) is 84.9 Å². The molecule has 12 heteroatoms. The van der Waals surface area contributed by atoms with Gasteiger partial charge in [0.25, 0.3) is 0 Å². The SMILES string of the molecule is CCCCC(CC)CC1(CC(CC)CCCC)c2cc(-c3c[c-]c(-c4cc5ccccc5s4)c4nsnc34)sc2-c2sc(-c3c[c-]c(-c4cc5ccccc5s4)c4nsnc34)cc21.[W].[W]. The number of hydrogen-bond acceptors (Lipinski definition) is 10. The second-order valence-electron chi connectivity index (χ2n) is 17.4. The van der Waals surface area contributed by atoms with E-state index in [-0.39, 0.29) is 47.5 Å². The van der Waals surface area contributed by atoms with Crippen LogP contribution >= 0.6 is 68.8 Å². The molecule has 6 heterocycles. The van der Waals surface area contributed by atoms with Gasteiger partial charge < -0.3 is 0 Å². The molecule has 0 saturated carbocycles. The van der Waals surface area contributed by atoms with Crippen molar-refractivity contribution in [3.63, 3.8) is 0 Å². The van der Waals surface area contributed by atoms with Crippen LogP contribution in [0.4, 0.5) is 0 Å². The van der Waals surface area contributed by atoms with E-state index in [9.17, 15) is 0 Å². The van der Waals surface area contributed by atoms with E-state index in [1.807, 2.05) is 45.3 Å². The Morgan fingerprint density at radius 3 is 1.37 bits per heavy atom. The Labute approximate surface area is 435 Å². The summed E-state index contributed by atoms with van der Waals surface area (Å²) >= 11 is 10.2. The second kappa shape index (κ2) is 20.1. The Balaban J connectivity index is 0.00000266. The first-order valence-electron chi connectivity index (χ1n) is 22.6. The molecule has 0 aliphatic heterocycles. The summed E-state index contributed by atoms with van der Waals surface area (Å²) in [6.07, 6.45) is 12.3. The molecule has 10 aromatic rings. The molecule has 1 aliphatic rings. The third-order valence-corrected chi connectivity index (χ3v) is 19.4. The molecule has 0 spiro atoms. The first-order chi connectivity index (χ1) is 31.0. The third kappa shape index (κ3) is 8.47. The number of unbranched alkanes of at least 4 members (excludes halogenated alkanes) is 2. The van der Waals surface area contributed by atoms with E-state index < -0.39 is 0 Å². The number of nitrogens with zero attached hydrogens (tertiary/aromatic N) is 4. The third-order valence-electron chi connectivity index (χ3n) is 13.6. The average Bonchev–Trinajstić information content (AvgIpc) is 4.17. The van der Waals surface area contributed by atoms with Crippen molar-refractivity contribution in [2.24, 2.45) is 11.8 Å². The monoisotopic (exact) mass is 1300 g/mol. The van der Waals surface area contributed by atoms with Gasteiger partial charge in [-0.1, -0.05) is 139 Å². The average molecular weight is 1300 g/mol. The Kier molecular flexibility index (Phi) is 14.6. The molecule has 0 bridgehead atoms. The fourth-order valence-corrected chi connectivity index (χ4v) is 16.2. The summed E-state index contributed by atoms with van der Waals surface area (Å²) in [5.41, 5.74) is 11.3. The summed E-state index contributed by atoms with van der Waals surface area (Å²) in [5, 5.41) is 2.52. The zero-order valence-corrected chi connectivity index (χ0v) is 47.6. The Hall–Kier alpha value is -2.78. The molecular weight excluding hydrogens is 1250 g/mol. The van der Waals surface area contributed by atoms with E-state index in [1.54, 1.807) is 0 Å². The van der Waals surface area contributed by atoms with Crippen molar-refractivity contribution in [3.8, 4) is 51.5 Å². The maximum Gasteiger partial charge on any atom is 0.0572 e. The molecule has 2 unspecified atom stereocenters. The van der Waals surface area contributed by atoms with Gasteiger partial charge in [0, 0.05) is 88.8 Å². The molecule has 0 radical (unpaired) electrons. The van der Waals surface area contributed by atoms with Crippen LogP contribution in [0.3, 0.4) is 0 Å². The van der Waals surface area contributed by atoms with Crippen molar-refractivity contribution in [1.29, 1.82) is 0 Å². The van der Waals surface area contributed by atoms with Crippen LogP contribution in [0.25, 0.3) is 93.8 Å². The van der Waals surface area contributed by atoms with E-state index in [4.69, 9.17) is 17.5 Å². The maximum absolute atomic E-state index is 5.01. The van der Waals surface area contributed by atoms with E-state index in [0.29, 0.717) is 11.8 Å². The van der Waals surface area contributed by atoms with E-state index in [1.165, 1.54) is 148 Å². The fraction of sp³-hybridized carbons (Fsp3) is 0.321. The number of benzene rings is 4. The Bertz CT molecular complexity index is 2980.